The van der Waals surface area contributed by atoms with Gasteiger partial charge in [-0.2, -0.15) is 5.10 Å². The van der Waals surface area contributed by atoms with Crippen LogP contribution in [0.3, 0.4) is 0 Å². The van der Waals surface area contributed by atoms with E-state index >= 15 is 0 Å². The number of rotatable bonds is 7. The minimum absolute atomic E-state index is 0.0395. The van der Waals surface area contributed by atoms with Gasteiger partial charge in [-0.25, -0.2) is 14.2 Å². The SMILES string of the molecule is CNC(=O)c1cc(Oc2ccc(NC(=O)Nc3cn(C(C)C)nc3-c3ccc4scnc4c3)c(F)c2)ccn1. The normalized spacial score (nSPS) is 11.0. The number of ether oxygens (including phenoxy) is 1. The number of pyridine rings is 1. The Hall–Kier alpha value is -4.84. The second-order valence-electron chi connectivity index (χ2n) is 8.78. The third-order valence-electron chi connectivity index (χ3n) is 5.73. The molecule has 5 rings (SSSR count). The molecule has 3 amide bonds. The molecule has 0 saturated carbocycles. The Morgan fingerprint density at radius 1 is 1.00 bits per heavy atom. The summed E-state index contributed by atoms with van der Waals surface area (Å²) in [5, 5.41) is 12.4. The zero-order chi connectivity index (χ0) is 27.5. The first-order chi connectivity index (χ1) is 18.8. The molecule has 0 aliphatic heterocycles. The van der Waals surface area contributed by atoms with Crippen LogP contribution in [0.25, 0.3) is 21.5 Å². The molecule has 198 valence electrons. The fourth-order valence-corrected chi connectivity index (χ4v) is 4.42. The molecule has 10 nitrogen and oxygen atoms in total. The summed E-state index contributed by atoms with van der Waals surface area (Å²) in [6.07, 6.45) is 3.15. The van der Waals surface area contributed by atoms with Gasteiger partial charge in [0, 0.05) is 43.2 Å². The molecule has 3 aromatic heterocycles. The average Bonchev–Trinajstić information content (AvgIpc) is 3.56. The molecule has 0 fully saturated rings. The van der Waals surface area contributed by atoms with E-state index in [1.165, 1.54) is 31.4 Å². The number of hydrogen-bond acceptors (Lipinski definition) is 7. The molecule has 0 atom stereocenters. The molecule has 0 unspecified atom stereocenters. The Labute approximate surface area is 226 Å². The fourth-order valence-electron chi connectivity index (χ4n) is 3.77. The molecular weight excluding hydrogens is 521 g/mol. The molecule has 0 bridgehead atoms. The summed E-state index contributed by atoms with van der Waals surface area (Å²) in [4.78, 5) is 33.0. The maximum absolute atomic E-state index is 14.9. The number of thiazole rings is 1. The number of nitrogens with one attached hydrogen (secondary N) is 3. The van der Waals surface area contributed by atoms with Crippen molar-refractivity contribution in [1.29, 1.82) is 0 Å². The standard InChI is InChI=1S/C27H24FN7O3S/c1-15(2)35-13-23(25(34-35)16-4-7-24-21(10-16)31-14-39-24)33-27(37)32-20-6-5-17(11-19(20)28)38-18-8-9-30-22(12-18)26(36)29-3/h4-15H,1-3H3,(H,29,36)(H2,32,33,37). The van der Waals surface area contributed by atoms with Gasteiger partial charge in [0.15, 0.2) is 0 Å². The molecule has 3 heterocycles. The summed E-state index contributed by atoms with van der Waals surface area (Å²) in [5.41, 5.74) is 4.59. The van der Waals surface area contributed by atoms with Crippen LogP contribution in [0, 0.1) is 5.82 Å². The van der Waals surface area contributed by atoms with Crippen molar-refractivity contribution < 1.29 is 18.7 Å². The maximum atomic E-state index is 14.9. The van der Waals surface area contributed by atoms with Crippen molar-refractivity contribution in [3.05, 3.63) is 77.9 Å². The molecule has 2 aromatic carbocycles. The van der Waals surface area contributed by atoms with E-state index in [4.69, 9.17) is 4.74 Å². The van der Waals surface area contributed by atoms with Gasteiger partial charge in [0.25, 0.3) is 5.91 Å². The Kier molecular flexibility index (Phi) is 7.19. The maximum Gasteiger partial charge on any atom is 0.323 e. The molecule has 0 radical (unpaired) electrons. The van der Waals surface area contributed by atoms with Crippen LogP contribution in [0.2, 0.25) is 0 Å². The van der Waals surface area contributed by atoms with Gasteiger partial charge in [0.2, 0.25) is 0 Å². The molecule has 0 saturated heterocycles. The fraction of sp³-hybridized carbons (Fsp3) is 0.148. The molecular formula is C27H24FN7O3S. The Bertz CT molecular complexity index is 1680. The van der Waals surface area contributed by atoms with Crippen LogP contribution in [0.5, 0.6) is 11.5 Å². The van der Waals surface area contributed by atoms with Crippen molar-refractivity contribution in [2.24, 2.45) is 0 Å². The highest BCUT2D eigenvalue weighted by Gasteiger charge is 2.17. The minimum atomic E-state index is -0.699. The van der Waals surface area contributed by atoms with E-state index in [0.717, 1.165) is 21.8 Å². The molecule has 5 aromatic rings. The van der Waals surface area contributed by atoms with Crippen molar-refractivity contribution in [2.45, 2.75) is 19.9 Å². The van der Waals surface area contributed by atoms with Gasteiger partial charge in [0.1, 0.15) is 28.7 Å². The summed E-state index contributed by atoms with van der Waals surface area (Å²) in [6.45, 7) is 3.96. The van der Waals surface area contributed by atoms with E-state index in [0.29, 0.717) is 17.1 Å². The van der Waals surface area contributed by atoms with E-state index in [-0.39, 0.29) is 29.1 Å². The number of carbonyl (C=O) groups excluding carboxylic acids is 2. The van der Waals surface area contributed by atoms with Crippen molar-refractivity contribution in [1.82, 2.24) is 25.1 Å². The summed E-state index contributed by atoms with van der Waals surface area (Å²) >= 11 is 1.54. The Morgan fingerprint density at radius 2 is 1.79 bits per heavy atom. The van der Waals surface area contributed by atoms with Gasteiger partial charge in [-0.3, -0.25) is 14.5 Å². The number of hydrogen-bond donors (Lipinski definition) is 3. The molecule has 0 aliphatic rings. The first kappa shape index (κ1) is 25.8. The Balaban J connectivity index is 1.32. The highest BCUT2D eigenvalue weighted by atomic mass is 32.1. The van der Waals surface area contributed by atoms with Crippen LogP contribution in [0.1, 0.15) is 30.4 Å². The van der Waals surface area contributed by atoms with E-state index in [2.05, 4.69) is 31.0 Å². The lowest BCUT2D eigenvalue weighted by Gasteiger charge is -2.11. The number of urea groups is 1. The summed E-state index contributed by atoms with van der Waals surface area (Å²) in [6, 6.07) is 12.3. The van der Waals surface area contributed by atoms with Gasteiger partial charge < -0.3 is 20.7 Å². The van der Waals surface area contributed by atoms with Crippen molar-refractivity contribution in [3.63, 3.8) is 0 Å². The van der Waals surface area contributed by atoms with Gasteiger partial charge in [-0.1, -0.05) is 6.07 Å². The van der Waals surface area contributed by atoms with Gasteiger partial charge in [0.05, 0.1) is 27.1 Å². The Morgan fingerprint density at radius 3 is 2.56 bits per heavy atom. The number of carbonyl (C=O) groups is 2. The number of halogens is 1. The highest BCUT2D eigenvalue weighted by Crippen LogP contribution is 2.31. The van der Waals surface area contributed by atoms with Crippen LogP contribution in [-0.4, -0.2) is 38.7 Å². The number of benzene rings is 2. The van der Waals surface area contributed by atoms with E-state index in [9.17, 15) is 14.0 Å². The second kappa shape index (κ2) is 10.9. The molecule has 0 aliphatic carbocycles. The molecule has 3 N–H and O–H groups in total. The molecule has 39 heavy (non-hydrogen) atoms. The average molecular weight is 546 g/mol. The van der Waals surface area contributed by atoms with E-state index < -0.39 is 11.8 Å². The minimum Gasteiger partial charge on any atom is -0.457 e. The molecule has 0 spiro atoms. The summed E-state index contributed by atoms with van der Waals surface area (Å²) in [7, 11) is 1.49. The number of nitrogens with zero attached hydrogens (tertiary/aromatic N) is 4. The van der Waals surface area contributed by atoms with Crippen molar-refractivity contribution in [3.8, 4) is 22.8 Å². The third kappa shape index (κ3) is 5.70. The highest BCUT2D eigenvalue weighted by molar-refractivity contribution is 7.16. The third-order valence-corrected chi connectivity index (χ3v) is 6.54. The first-order valence-corrected chi connectivity index (χ1v) is 12.8. The predicted octanol–water partition coefficient (Wildman–Crippen LogP) is 6.07. The monoisotopic (exact) mass is 545 g/mol. The first-order valence-electron chi connectivity index (χ1n) is 12.0. The zero-order valence-corrected chi connectivity index (χ0v) is 22.0. The largest absolute Gasteiger partial charge is 0.457 e. The molecule has 12 heteroatoms. The van der Waals surface area contributed by atoms with E-state index in [1.54, 1.807) is 33.8 Å². The van der Waals surface area contributed by atoms with Crippen LogP contribution >= 0.6 is 11.3 Å². The quantitative estimate of drug-likeness (QED) is 0.228. The van der Waals surface area contributed by atoms with Crippen LogP contribution in [0.4, 0.5) is 20.6 Å². The number of aromatic nitrogens is 4. The number of anilines is 2. The van der Waals surface area contributed by atoms with Crippen LogP contribution in [-0.2, 0) is 0 Å². The predicted molar refractivity (Wildman–Crippen MR) is 148 cm³/mol. The summed E-state index contributed by atoms with van der Waals surface area (Å²) < 4.78 is 23.3. The summed E-state index contributed by atoms with van der Waals surface area (Å²) in [5.74, 6) is -0.573. The lowest BCUT2D eigenvalue weighted by atomic mass is 10.1. The van der Waals surface area contributed by atoms with Gasteiger partial charge in [-0.05, 0) is 44.2 Å². The smallest absolute Gasteiger partial charge is 0.323 e. The van der Waals surface area contributed by atoms with Crippen LogP contribution < -0.4 is 20.7 Å². The van der Waals surface area contributed by atoms with Crippen molar-refractivity contribution >= 4 is 44.9 Å². The van der Waals surface area contributed by atoms with Crippen LogP contribution in [0.15, 0.2) is 66.4 Å². The van der Waals surface area contributed by atoms with Gasteiger partial charge >= 0.3 is 6.03 Å². The van der Waals surface area contributed by atoms with E-state index in [1.807, 2.05) is 32.0 Å². The topological polar surface area (TPSA) is 123 Å². The zero-order valence-electron chi connectivity index (χ0n) is 21.2. The van der Waals surface area contributed by atoms with Gasteiger partial charge in [-0.15, -0.1) is 11.3 Å². The number of amides is 3. The van der Waals surface area contributed by atoms with Crippen molar-refractivity contribution in [2.75, 3.05) is 17.7 Å². The lowest BCUT2D eigenvalue weighted by Crippen LogP contribution is -2.20. The lowest BCUT2D eigenvalue weighted by molar-refractivity contribution is 0.0957. The second-order valence-corrected chi connectivity index (χ2v) is 9.67. The number of fused-ring (bicyclic) bond motifs is 1.